The van der Waals surface area contributed by atoms with Crippen molar-refractivity contribution in [3.05, 3.63) is 65.7 Å². The van der Waals surface area contributed by atoms with Gasteiger partial charge in [0.15, 0.2) is 0 Å². The second-order valence-electron chi connectivity index (χ2n) is 5.95. The zero-order valence-corrected chi connectivity index (χ0v) is 13.8. The van der Waals surface area contributed by atoms with Crippen LogP contribution in [0, 0.1) is 0 Å². The van der Waals surface area contributed by atoms with Crippen molar-refractivity contribution in [2.45, 2.75) is 11.6 Å². The van der Waals surface area contributed by atoms with Crippen LogP contribution in [-0.2, 0) is 24.7 Å². The maximum absolute atomic E-state index is 13.1. The van der Waals surface area contributed by atoms with Crippen molar-refractivity contribution in [1.82, 2.24) is 0 Å². The van der Waals surface area contributed by atoms with E-state index in [4.69, 9.17) is 9.47 Å². The van der Waals surface area contributed by atoms with Gasteiger partial charge in [-0.1, -0.05) is 36.4 Å². The molecule has 0 N–H and O–H groups in total. The number of likely N-dealkylation sites (N-methyl/N-ethyl adjacent to an activating group) is 1. The first-order chi connectivity index (χ1) is 12.1. The number of hydrogen-bond donors (Lipinski definition) is 0. The highest BCUT2D eigenvalue weighted by Crippen LogP contribution is 2.48. The third-order valence-corrected chi connectivity index (χ3v) is 4.62. The highest BCUT2D eigenvalue weighted by Gasteiger charge is 2.64. The lowest BCUT2D eigenvalue weighted by molar-refractivity contribution is -0.152. The number of amides is 1. The van der Waals surface area contributed by atoms with E-state index < -0.39 is 17.6 Å². The predicted molar refractivity (Wildman–Crippen MR) is 91.4 cm³/mol. The average Bonchev–Trinajstić information content (AvgIpc) is 3.16. The lowest BCUT2D eigenvalue weighted by Gasteiger charge is -2.26. The first-order valence-corrected chi connectivity index (χ1v) is 7.87. The normalized spacial score (nSPS) is 24.1. The number of esters is 1. The Labute approximate surface area is 144 Å². The van der Waals surface area contributed by atoms with Crippen molar-refractivity contribution in [2.75, 3.05) is 19.1 Å². The fraction of sp³-hybridized carbons (Fsp3) is 0.211. The van der Waals surface area contributed by atoms with E-state index in [9.17, 15) is 9.59 Å². The topological polar surface area (TPSA) is 68.2 Å². The molecule has 4 rings (SSSR count). The molecule has 126 valence electrons. The summed E-state index contributed by atoms with van der Waals surface area (Å²) < 4.78 is 11.0. The van der Waals surface area contributed by atoms with E-state index in [2.05, 4.69) is 4.99 Å². The van der Waals surface area contributed by atoms with Gasteiger partial charge in [0.25, 0.3) is 5.91 Å². The smallest absolute Gasteiger partial charge is 0.335 e. The van der Waals surface area contributed by atoms with Crippen molar-refractivity contribution >= 4 is 23.5 Å². The van der Waals surface area contributed by atoms with Gasteiger partial charge >= 0.3 is 5.97 Å². The van der Waals surface area contributed by atoms with E-state index in [-0.39, 0.29) is 11.8 Å². The number of nitrogens with zero attached hydrogens (tertiary/aromatic N) is 2. The molecule has 2 aliphatic rings. The number of aliphatic imine (C=N–C) groups is 1. The number of rotatable bonds is 2. The molecule has 0 saturated carbocycles. The van der Waals surface area contributed by atoms with E-state index in [1.54, 1.807) is 13.1 Å². The second-order valence-corrected chi connectivity index (χ2v) is 5.95. The third kappa shape index (κ3) is 2.00. The van der Waals surface area contributed by atoms with Crippen LogP contribution in [0.3, 0.4) is 0 Å². The Bertz CT molecular complexity index is 893. The number of carbonyl (C=O) groups excluding carboxylic acids is 2. The van der Waals surface area contributed by atoms with Crippen LogP contribution in [0.4, 0.5) is 5.69 Å². The number of methoxy groups -OCH3 is 1. The highest BCUT2D eigenvalue weighted by molar-refractivity contribution is 6.13. The summed E-state index contributed by atoms with van der Waals surface area (Å²) in [5.41, 5.74) is 0.496. The minimum atomic E-state index is -1.52. The van der Waals surface area contributed by atoms with Crippen molar-refractivity contribution in [3.8, 4) is 0 Å². The Kier molecular flexibility index (Phi) is 3.35. The number of hydrogen-bond acceptors (Lipinski definition) is 5. The summed E-state index contributed by atoms with van der Waals surface area (Å²) in [5.74, 6) is -0.683. The van der Waals surface area contributed by atoms with Crippen molar-refractivity contribution in [3.63, 3.8) is 0 Å². The quantitative estimate of drug-likeness (QED) is 0.785. The fourth-order valence-electron chi connectivity index (χ4n) is 3.40. The molecule has 25 heavy (non-hydrogen) atoms. The van der Waals surface area contributed by atoms with Gasteiger partial charge in [-0.3, -0.25) is 4.79 Å². The van der Waals surface area contributed by atoms with Crippen molar-refractivity contribution in [2.24, 2.45) is 4.99 Å². The Morgan fingerprint density at radius 2 is 1.84 bits per heavy atom. The maximum atomic E-state index is 13.1. The van der Waals surface area contributed by atoms with Crippen LogP contribution in [0.2, 0.25) is 0 Å². The number of anilines is 1. The molecule has 2 aromatic rings. The summed E-state index contributed by atoms with van der Waals surface area (Å²) >= 11 is 0. The Hall–Kier alpha value is -3.15. The molecule has 1 amide bonds. The molecular weight excluding hydrogens is 320 g/mol. The van der Waals surface area contributed by atoms with Gasteiger partial charge < -0.3 is 14.4 Å². The minimum Gasteiger partial charge on any atom is -0.467 e. The molecule has 0 fully saturated rings. The Morgan fingerprint density at radius 3 is 2.56 bits per heavy atom. The van der Waals surface area contributed by atoms with Crippen LogP contribution in [-0.4, -0.2) is 38.0 Å². The largest absolute Gasteiger partial charge is 0.467 e. The van der Waals surface area contributed by atoms with E-state index in [0.717, 1.165) is 0 Å². The SMILES string of the molecule is COC(=O)[C@@H]1N=C(c2ccccc2)O[C@]12C(=O)N(C)c1ccccc12. The molecule has 6 heteroatoms. The van der Waals surface area contributed by atoms with E-state index >= 15 is 0 Å². The number of ether oxygens (including phenoxy) is 2. The molecule has 2 aliphatic heterocycles. The summed E-state index contributed by atoms with van der Waals surface area (Å²) in [6, 6.07) is 15.4. The van der Waals surface area contributed by atoms with Crippen LogP contribution >= 0.6 is 0 Å². The van der Waals surface area contributed by atoms with Crippen LogP contribution in [0.25, 0.3) is 0 Å². The molecule has 0 aromatic heterocycles. The molecule has 6 nitrogen and oxygen atoms in total. The lowest BCUT2D eigenvalue weighted by atomic mass is 9.88. The van der Waals surface area contributed by atoms with Gasteiger partial charge in [-0.2, -0.15) is 0 Å². The van der Waals surface area contributed by atoms with Gasteiger partial charge in [0.05, 0.1) is 12.8 Å². The highest BCUT2D eigenvalue weighted by atomic mass is 16.6. The Balaban J connectivity index is 1.90. The zero-order valence-electron chi connectivity index (χ0n) is 13.8. The van der Waals surface area contributed by atoms with E-state index in [1.165, 1.54) is 12.0 Å². The molecule has 0 unspecified atom stereocenters. The molecule has 2 heterocycles. The molecular formula is C19H16N2O4. The van der Waals surface area contributed by atoms with Gasteiger partial charge in [0, 0.05) is 18.2 Å². The molecule has 0 aliphatic carbocycles. The molecule has 0 bridgehead atoms. The minimum absolute atomic E-state index is 0.259. The molecule has 1 spiro atoms. The fourth-order valence-corrected chi connectivity index (χ4v) is 3.40. The lowest BCUT2D eigenvalue weighted by Crippen LogP contribution is -2.50. The van der Waals surface area contributed by atoms with Gasteiger partial charge in [-0.15, -0.1) is 0 Å². The Morgan fingerprint density at radius 1 is 1.16 bits per heavy atom. The van der Waals surface area contributed by atoms with Crippen LogP contribution in [0.5, 0.6) is 0 Å². The van der Waals surface area contributed by atoms with E-state index in [0.29, 0.717) is 16.8 Å². The number of carbonyl (C=O) groups is 2. The molecule has 0 radical (unpaired) electrons. The van der Waals surface area contributed by atoms with Crippen LogP contribution in [0.1, 0.15) is 11.1 Å². The number of fused-ring (bicyclic) bond motifs is 2. The first kappa shape index (κ1) is 15.4. The van der Waals surface area contributed by atoms with Gasteiger partial charge in [-0.25, -0.2) is 9.79 Å². The predicted octanol–water partition coefficient (Wildman–Crippen LogP) is 1.88. The summed E-state index contributed by atoms with van der Waals surface area (Å²) in [6.45, 7) is 0. The van der Waals surface area contributed by atoms with Crippen LogP contribution < -0.4 is 4.90 Å². The van der Waals surface area contributed by atoms with Crippen molar-refractivity contribution in [1.29, 1.82) is 0 Å². The number of benzene rings is 2. The van der Waals surface area contributed by atoms with Crippen LogP contribution in [0.15, 0.2) is 59.6 Å². The second kappa shape index (κ2) is 5.44. The number of para-hydroxylation sites is 1. The standard InChI is InChI=1S/C19H16N2O4/c1-21-14-11-7-6-10-13(14)19(18(21)23)15(17(22)24-2)20-16(25-19)12-8-4-3-5-9-12/h3-11,15H,1-2H3/t15-,19-/m0/s1. The van der Waals surface area contributed by atoms with E-state index in [1.807, 2.05) is 48.5 Å². The molecule has 2 atom stereocenters. The van der Waals surface area contributed by atoms with Gasteiger partial charge in [0.1, 0.15) is 0 Å². The summed E-state index contributed by atoms with van der Waals surface area (Å²) in [7, 11) is 2.94. The summed E-state index contributed by atoms with van der Waals surface area (Å²) in [4.78, 5) is 31.5. The monoisotopic (exact) mass is 336 g/mol. The summed E-state index contributed by atoms with van der Waals surface area (Å²) in [5, 5.41) is 0. The zero-order chi connectivity index (χ0) is 17.6. The maximum Gasteiger partial charge on any atom is 0.335 e. The average molecular weight is 336 g/mol. The molecule has 2 aromatic carbocycles. The third-order valence-electron chi connectivity index (χ3n) is 4.62. The first-order valence-electron chi connectivity index (χ1n) is 7.87. The van der Waals surface area contributed by atoms with Gasteiger partial charge in [-0.05, 0) is 18.2 Å². The van der Waals surface area contributed by atoms with Gasteiger partial charge in [0.2, 0.25) is 17.5 Å². The summed E-state index contributed by atoms with van der Waals surface area (Å²) in [6.07, 6.45) is 0. The molecule has 0 saturated heterocycles. The van der Waals surface area contributed by atoms with Crippen molar-refractivity contribution < 1.29 is 19.1 Å².